The largest absolute Gasteiger partial charge is 0.339 e. The molecule has 1 heterocycles. The molecule has 0 radical (unpaired) electrons. The Labute approximate surface area is 201 Å². The van der Waals surface area contributed by atoms with E-state index in [1.54, 1.807) is 0 Å². The van der Waals surface area contributed by atoms with Gasteiger partial charge in [0, 0.05) is 37.5 Å². The summed E-state index contributed by atoms with van der Waals surface area (Å²) < 4.78 is 0. The van der Waals surface area contributed by atoms with Crippen LogP contribution in [0.25, 0.3) is 0 Å². The van der Waals surface area contributed by atoms with E-state index in [4.69, 9.17) is 0 Å². The van der Waals surface area contributed by atoms with Crippen molar-refractivity contribution in [2.45, 2.75) is 96.8 Å². The number of nitrogens with zero attached hydrogens (tertiary/aromatic N) is 2. The Bertz CT molecular complexity index is 737. The zero-order chi connectivity index (χ0) is 23.0. The average molecular weight is 455 g/mol. The molecule has 0 aromatic carbocycles. The van der Waals surface area contributed by atoms with Gasteiger partial charge in [-0.1, -0.05) is 38.3 Å². The van der Waals surface area contributed by atoms with Gasteiger partial charge in [0.05, 0.1) is 0 Å². The van der Waals surface area contributed by atoms with Gasteiger partial charge in [-0.15, -0.1) is 0 Å². The van der Waals surface area contributed by atoms with Gasteiger partial charge >= 0.3 is 0 Å². The lowest BCUT2D eigenvalue weighted by molar-refractivity contribution is -0.145. The fourth-order valence-electron chi connectivity index (χ4n) is 7.18. The van der Waals surface area contributed by atoms with Crippen molar-refractivity contribution < 1.29 is 9.59 Å². The molecule has 184 valence electrons. The monoisotopic (exact) mass is 454 g/mol. The van der Waals surface area contributed by atoms with Crippen LogP contribution in [0.2, 0.25) is 0 Å². The second-order valence-electron chi connectivity index (χ2n) is 12.7. The van der Waals surface area contributed by atoms with Gasteiger partial charge in [0.1, 0.15) is 0 Å². The summed E-state index contributed by atoms with van der Waals surface area (Å²) in [6.07, 6.45) is 17.7. The molecule has 5 rings (SSSR count). The first-order chi connectivity index (χ1) is 15.9. The maximum Gasteiger partial charge on any atom is 0.228 e. The van der Waals surface area contributed by atoms with Crippen molar-refractivity contribution in [3.05, 3.63) is 12.2 Å². The summed E-state index contributed by atoms with van der Waals surface area (Å²) in [7, 11) is 0. The van der Waals surface area contributed by atoms with Crippen LogP contribution in [0.3, 0.4) is 0 Å². The highest BCUT2D eigenvalue weighted by molar-refractivity contribution is 5.85. The van der Waals surface area contributed by atoms with E-state index in [2.05, 4.69) is 18.4 Å². The Hall–Kier alpha value is -1.32. The summed E-state index contributed by atoms with van der Waals surface area (Å²) in [5, 5.41) is 0. The summed E-state index contributed by atoms with van der Waals surface area (Å²) in [5.41, 5.74) is 1.43. The predicted molar refractivity (Wildman–Crippen MR) is 132 cm³/mol. The Balaban J connectivity index is 1.04. The molecule has 33 heavy (non-hydrogen) atoms. The SMILES string of the molecule is C=C(CC1CC1)CC1CCCC(C2CCC(C(=O)N3CCN(C(=O)C4(C)CC4)CC3)CC2)C1. The molecule has 0 aromatic rings. The number of carbonyl (C=O) groups is 2. The topological polar surface area (TPSA) is 40.6 Å². The minimum atomic E-state index is -0.0901. The van der Waals surface area contributed by atoms with Crippen LogP contribution in [-0.2, 0) is 9.59 Å². The molecule has 2 amide bonds. The first kappa shape index (κ1) is 23.4. The number of hydrogen-bond acceptors (Lipinski definition) is 2. The standard InChI is InChI=1S/C29H46N2O2/c1-21(18-22-6-7-22)19-23-4-3-5-26(20-23)24-8-10-25(11-9-24)27(32)30-14-16-31(17-15-30)28(33)29(2)12-13-29/h22-26H,1,3-20H2,2H3. The third kappa shape index (κ3) is 5.68. The number of rotatable bonds is 7. The second kappa shape index (κ2) is 9.74. The highest BCUT2D eigenvalue weighted by Crippen LogP contribution is 2.47. The zero-order valence-electron chi connectivity index (χ0n) is 21.0. The van der Waals surface area contributed by atoms with E-state index in [0.29, 0.717) is 11.8 Å². The fourth-order valence-corrected chi connectivity index (χ4v) is 7.18. The minimum Gasteiger partial charge on any atom is -0.339 e. The van der Waals surface area contributed by atoms with Gasteiger partial charge in [-0.2, -0.15) is 0 Å². The van der Waals surface area contributed by atoms with E-state index in [0.717, 1.165) is 75.5 Å². The summed E-state index contributed by atoms with van der Waals surface area (Å²) in [4.78, 5) is 29.9. The molecular formula is C29H46N2O2. The lowest BCUT2D eigenvalue weighted by Crippen LogP contribution is -2.53. The first-order valence-electron chi connectivity index (χ1n) is 14.2. The van der Waals surface area contributed by atoms with Crippen LogP contribution < -0.4 is 0 Å². The van der Waals surface area contributed by atoms with Crippen molar-refractivity contribution in [3.63, 3.8) is 0 Å². The molecule has 0 bridgehead atoms. The van der Waals surface area contributed by atoms with E-state index in [-0.39, 0.29) is 11.3 Å². The number of amides is 2. The van der Waals surface area contributed by atoms with Crippen molar-refractivity contribution in [2.24, 2.45) is 35.0 Å². The highest BCUT2D eigenvalue weighted by atomic mass is 16.2. The van der Waals surface area contributed by atoms with Crippen LogP contribution in [-0.4, -0.2) is 47.8 Å². The average Bonchev–Trinajstić information content (AvgIpc) is 3.77. The molecule has 0 aromatic heterocycles. The van der Waals surface area contributed by atoms with Crippen LogP contribution >= 0.6 is 0 Å². The molecule has 1 aliphatic heterocycles. The van der Waals surface area contributed by atoms with Crippen molar-refractivity contribution in [1.82, 2.24) is 9.80 Å². The van der Waals surface area contributed by atoms with Gasteiger partial charge in [-0.3, -0.25) is 9.59 Å². The molecule has 1 saturated heterocycles. The van der Waals surface area contributed by atoms with E-state index in [1.807, 2.05) is 4.90 Å². The lowest BCUT2D eigenvalue weighted by atomic mass is 9.67. The van der Waals surface area contributed by atoms with Crippen LogP contribution in [0.4, 0.5) is 0 Å². The van der Waals surface area contributed by atoms with E-state index < -0.39 is 0 Å². The molecule has 0 N–H and O–H groups in total. The van der Waals surface area contributed by atoms with Gasteiger partial charge in [0.25, 0.3) is 0 Å². The molecule has 2 unspecified atom stereocenters. The summed E-state index contributed by atoms with van der Waals surface area (Å²) >= 11 is 0. The Morgan fingerprint density at radius 2 is 1.42 bits per heavy atom. The van der Waals surface area contributed by atoms with Crippen molar-refractivity contribution in [3.8, 4) is 0 Å². The van der Waals surface area contributed by atoms with Crippen molar-refractivity contribution >= 4 is 11.8 Å². The number of allylic oxidation sites excluding steroid dienone is 1. The van der Waals surface area contributed by atoms with E-state index >= 15 is 0 Å². The maximum absolute atomic E-state index is 13.2. The zero-order valence-corrected chi connectivity index (χ0v) is 21.0. The summed E-state index contributed by atoms with van der Waals surface area (Å²) in [6.45, 7) is 9.41. The van der Waals surface area contributed by atoms with Crippen LogP contribution in [0.5, 0.6) is 0 Å². The van der Waals surface area contributed by atoms with E-state index in [1.165, 1.54) is 69.8 Å². The molecule has 4 nitrogen and oxygen atoms in total. The summed E-state index contributed by atoms with van der Waals surface area (Å²) in [6, 6.07) is 0. The van der Waals surface area contributed by atoms with Gasteiger partial charge in [-0.25, -0.2) is 0 Å². The fraction of sp³-hybridized carbons (Fsp3) is 0.862. The molecule has 4 heteroatoms. The predicted octanol–water partition coefficient (Wildman–Crippen LogP) is 5.82. The van der Waals surface area contributed by atoms with Gasteiger partial charge in [0.2, 0.25) is 11.8 Å². The quantitative estimate of drug-likeness (QED) is 0.455. The van der Waals surface area contributed by atoms with Gasteiger partial charge in [-0.05, 0) is 94.3 Å². The van der Waals surface area contributed by atoms with Crippen LogP contribution in [0.15, 0.2) is 12.2 Å². The van der Waals surface area contributed by atoms with Gasteiger partial charge < -0.3 is 9.80 Å². The Morgan fingerprint density at radius 3 is 2.06 bits per heavy atom. The Morgan fingerprint density at radius 1 is 0.788 bits per heavy atom. The normalized spacial score (nSPS) is 34.1. The summed E-state index contributed by atoms with van der Waals surface area (Å²) in [5.74, 6) is 4.46. The third-order valence-electron chi connectivity index (χ3n) is 9.86. The lowest BCUT2D eigenvalue weighted by Gasteiger charge is -2.41. The van der Waals surface area contributed by atoms with Crippen LogP contribution in [0.1, 0.15) is 96.8 Å². The number of piperazine rings is 1. The van der Waals surface area contributed by atoms with Gasteiger partial charge in [0.15, 0.2) is 0 Å². The molecule has 5 aliphatic rings. The van der Waals surface area contributed by atoms with Crippen molar-refractivity contribution in [2.75, 3.05) is 26.2 Å². The molecule has 5 fully saturated rings. The highest BCUT2D eigenvalue weighted by Gasteiger charge is 2.47. The third-order valence-corrected chi connectivity index (χ3v) is 9.86. The number of hydrogen-bond donors (Lipinski definition) is 0. The second-order valence-corrected chi connectivity index (χ2v) is 12.7. The minimum absolute atomic E-state index is 0.0901. The van der Waals surface area contributed by atoms with Crippen molar-refractivity contribution in [1.29, 1.82) is 0 Å². The molecule has 4 aliphatic carbocycles. The van der Waals surface area contributed by atoms with E-state index in [9.17, 15) is 9.59 Å². The maximum atomic E-state index is 13.2. The van der Waals surface area contributed by atoms with Crippen LogP contribution in [0, 0.1) is 35.0 Å². The smallest absolute Gasteiger partial charge is 0.228 e. The molecule has 4 saturated carbocycles. The Kier molecular flexibility index (Phi) is 6.91. The first-order valence-corrected chi connectivity index (χ1v) is 14.2. The molecule has 0 spiro atoms. The molecular weight excluding hydrogens is 408 g/mol. The molecule has 2 atom stereocenters. The number of carbonyl (C=O) groups excluding carboxylic acids is 2.